The first kappa shape index (κ1) is 73.3. The van der Waals surface area contributed by atoms with E-state index in [4.69, 9.17) is 22.1 Å². The molecule has 0 unspecified atom stereocenters. The Morgan fingerprint density at radius 2 is 0.419 bits per heavy atom. The van der Waals surface area contributed by atoms with Crippen LogP contribution in [0, 0.1) is 0 Å². The van der Waals surface area contributed by atoms with Crippen molar-refractivity contribution in [2.75, 3.05) is 21.3 Å². The van der Waals surface area contributed by atoms with Gasteiger partial charge < -0.3 is 43.4 Å². The summed E-state index contributed by atoms with van der Waals surface area (Å²) in [4.78, 5) is 0. The Morgan fingerprint density at radius 3 is 0.855 bits per heavy atom. The first-order valence-electron chi connectivity index (χ1n) is 42.4. The largest absolute Gasteiger partial charge is 0.456 e. The van der Waals surface area contributed by atoms with Crippen LogP contribution in [0.25, 0.3) is 143 Å². The predicted molar refractivity (Wildman–Crippen MR) is 513 cm³/mol. The topological polar surface area (TPSA) is 114 Å². The van der Waals surface area contributed by atoms with Gasteiger partial charge in [-0.2, -0.15) is 0 Å². The molecule has 9 nitrogen and oxygen atoms in total. The van der Waals surface area contributed by atoms with Crippen molar-refractivity contribution in [3.8, 4) is 33.4 Å². The molecule has 18 aromatic carbocycles. The summed E-state index contributed by atoms with van der Waals surface area (Å²) in [7, 11) is 0. The van der Waals surface area contributed by atoms with Gasteiger partial charge in [-0.05, 0) is 211 Å². The minimum atomic E-state index is -0.408. The van der Waals surface area contributed by atoms with Crippen LogP contribution in [-0.2, 0) is 16.2 Å². The average Bonchev–Trinajstić information content (AvgIpc) is 1.53. The minimum absolute atomic E-state index is 0.00626. The summed E-state index contributed by atoms with van der Waals surface area (Å²) >= 11 is 0. The monoisotopic (exact) mass is 1600 g/mol. The molecule has 0 fully saturated rings. The summed E-state index contributed by atoms with van der Waals surface area (Å²) in [5.41, 5.74) is 35.6. The molecular weight excluding hydrogens is 1520 g/mol. The van der Waals surface area contributed by atoms with E-state index >= 15 is 0 Å². The summed E-state index contributed by atoms with van der Waals surface area (Å²) in [6.07, 6.45) is 0. The summed E-state index contributed by atoms with van der Waals surface area (Å²) in [6, 6.07) is 141. The van der Waals surface area contributed by atoms with E-state index in [2.05, 4.69) is 346 Å². The normalized spacial score (nSPS) is 13.4. The van der Waals surface area contributed by atoms with Crippen molar-refractivity contribution in [3.63, 3.8) is 0 Å². The number of hydrogen-bond acceptors (Lipinski definition) is 9. The Bertz CT molecular complexity index is 8120. The molecule has 9 heteroatoms. The molecule has 0 amide bonds. The van der Waals surface area contributed by atoms with Gasteiger partial charge in [0.1, 0.15) is 55.8 Å². The van der Waals surface area contributed by atoms with Crippen molar-refractivity contribution in [2.45, 2.75) is 43.9 Å². The molecule has 592 valence electrons. The molecule has 124 heavy (non-hydrogen) atoms. The molecule has 5 heterocycles. The smallest absolute Gasteiger partial charge is 0.137 e. The van der Waals surface area contributed by atoms with Crippen molar-refractivity contribution >= 4 is 155 Å². The van der Waals surface area contributed by atoms with Crippen LogP contribution in [0.3, 0.4) is 0 Å². The number of para-hydroxylation sites is 5. The second kappa shape index (κ2) is 29.3. The second-order valence-corrected chi connectivity index (χ2v) is 33.7. The van der Waals surface area contributed by atoms with E-state index in [1.807, 2.05) is 103 Å². The Morgan fingerprint density at radius 1 is 0.161 bits per heavy atom. The highest BCUT2D eigenvalue weighted by Gasteiger charge is 2.46. The SMILES string of the molecule is CC1(C)c2ccccc2-c2cc(Nc3ccc4c(c3)oc3ccccc34)ccc21.CC1(C)c2ccccc2-c2ccc(Nc3ccc4c(c3)oc3ccccc34)cc21.c1ccc(C2(c3ccccc3)c3ccccc3-c3ccc(Nc4ccc5c(c4)oc4ccccc45)cc32)cc1.c1ccc2c(c1)oc1cc(Nc3ccc4oc5ccccc5c4c3)ccc12. The zero-order chi connectivity index (χ0) is 82.8. The number of nitrogens with one attached hydrogen (secondary N) is 4. The van der Waals surface area contributed by atoms with Gasteiger partial charge in [0.25, 0.3) is 0 Å². The Labute approximate surface area is 716 Å². The van der Waals surface area contributed by atoms with E-state index in [1.165, 1.54) is 77.9 Å². The summed E-state index contributed by atoms with van der Waals surface area (Å²) < 4.78 is 30.1. The van der Waals surface area contributed by atoms with Gasteiger partial charge in [0.15, 0.2) is 0 Å². The van der Waals surface area contributed by atoms with Crippen molar-refractivity contribution in [1.29, 1.82) is 0 Å². The molecule has 3 aliphatic rings. The zero-order valence-corrected chi connectivity index (χ0v) is 68.6. The quantitative estimate of drug-likeness (QED) is 0.106. The highest BCUT2D eigenvalue weighted by Crippen LogP contribution is 2.58. The van der Waals surface area contributed by atoms with Gasteiger partial charge in [-0.15, -0.1) is 0 Å². The highest BCUT2D eigenvalue weighted by molar-refractivity contribution is 6.10. The van der Waals surface area contributed by atoms with E-state index in [-0.39, 0.29) is 10.8 Å². The van der Waals surface area contributed by atoms with Gasteiger partial charge in [-0.25, -0.2) is 0 Å². The molecule has 23 aromatic rings. The van der Waals surface area contributed by atoms with Crippen molar-refractivity contribution in [1.82, 2.24) is 0 Å². The molecule has 0 atom stereocenters. The Hall–Kier alpha value is -15.8. The van der Waals surface area contributed by atoms with E-state index in [1.54, 1.807) is 0 Å². The van der Waals surface area contributed by atoms with Gasteiger partial charge in [0.05, 0.1) is 5.41 Å². The van der Waals surface area contributed by atoms with Gasteiger partial charge in [-0.1, -0.05) is 270 Å². The lowest BCUT2D eigenvalue weighted by Gasteiger charge is -2.34. The summed E-state index contributed by atoms with van der Waals surface area (Å²) in [5.74, 6) is 0. The number of hydrogen-bond donors (Lipinski definition) is 4. The van der Waals surface area contributed by atoms with Crippen LogP contribution in [0.5, 0.6) is 0 Å². The van der Waals surface area contributed by atoms with Crippen LogP contribution >= 0.6 is 0 Å². The third-order valence-electron chi connectivity index (χ3n) is 25.7. The number of anilines is 8. The third-order valence-corrected chi connectivity index (χ3v) is 25.7. The zero-order valence-electron chi connectivity index (χ0n) is 68.6. The number of rotatable bonds is 10. The maximum Gasteiger partial charge on any atom is 0.137 e. The number of benzene rings is 18. The Balaban J connectivity index is 0.0000000965. The van der Waals surface area contributed by atoms with E-state index < -0.39 is 5.41 Å². The van der Waals surface area contributed by atoms with Crippen LogP contribution < -0.4 is 21.3 Å². The first-order chi connectivity index (χ1) is 60.9. The van der Waals surface area contributed by atoms with E-state index in [9.17, 15) is 0 Å². The molecule has 0 radical (unpaired) electrons. The van der Waals surface area contributed by atoms with Gasteiger partial charge in [0.2, 0.25) is 0 Å². The maximum absolute atomic E-state index is 6.16. The van der Waals surface area contributed by atoms with E-state index in [0.29, 0.717) is 0 Å². The van der Waals surface area contributed by atoms with Gasteiger partial charge in [0, 0.05) is 134 Å². The fourth-order valence-electron chi connectivity index (χ4n) is 19.8. The molecule has 0 spiro atoms. The molecule has 0 aliphatic heterocycles. The average molecular weight is 1600 g/mol. The summed E-state index contributed by atoms with van der Waals surface area (Å²) in [5, 5.41) is 25.7. The standard InChI is InChI=1S/C37H25NO.2C27H21NO.C24H15NO2/c1-3-11-25(12-4-1)37(26-13-5-2-6-14-26)33-17-9-7-15-29(33)30-21-19-27(23-34(30)37)38-28-20-22-32-31-16-8-10-18-35(31)39-36(32)24-28;1-27(2)23-9-5-3-7-19(23)22-15-17(12-14-24(22)27)28-18-11-13-21-20-8-4-6-10-25(20)29-26(21)16-18;1-27(2)23-9-5-3-7-19(23)20-13-11-17(15-24(20)27)28-18-12-14-22-21-8-4-6-10-25(21)29-26(22)16-18;1-3-7-21-17(5-1)19-11-9-16(14-24(19)27-21)25-15-10-12-23-20(13-15)18-6-2-4-8-22(18)26-23/h1-24,38H;2*3-16,28H,1-2H3;1-14,25H. The van der Waals surface area contributed by atoms with Crippen LogP contribution in [0.15, 0.2) is 422 Å². The molecule has 3 aliphatic carbocycles. The molecule has 4 N–H and O–H groups in total. The van der Waals surface area contributed by atoms with Gasteiger partial charge >= 0.3 is 0 Å². The Kier molecular flexibility index (Phi) is 17.3. The molecule has 0 saturated heterocycles. The number of furan rings is 5. The molecule has 26 rings (SSSR count). The lowest BCUT2D eigenvalue weighted by molar-refractivity contribution is 0.660. The fraction of sp³-hybridized carbons (Fsp3) is 0.0609. The lowest BCUT2D eigenvalue weighted by Crippen LogP contribution is -2.28. The van der Waals surface area contributed by atoms with Crippen molar-refractivity contribution in [2.24, 2.45) is 0 Å². The van der Waals surface area contributed by atoms with Crippen LogP contribution in [0.4, 0.5) is 45.5 Å². The van der Waals surface area contributed by atoms with Crippen LogP contribution in [0.2, 0.25) is 0 Å². The third kappa shape index (κ3) is 12.4. The molecule has 5 aromatic heterocycles. The molecular formula is C115H82N4O5. The molecule has 0 bridgehead atoms. The minimum Gasteiger partial charge on any atom is -0.456 e. The van der Waals surface area contributed by atoms with Crippen molar-refractivity contribution in [3.05, 3.63) is 445 Å². The lowest BCUT2D eigenvalue weighted by atomic mass is 9.67. The molecule has 0 saturated carbocycles. The fourth-order valence-corrected chi connectivity index (χ4v) is 19.8. The highest BCUT2D eigenvalue weighted by atomic mass is 16.3. The van der Waals surface area contributed by atoms with Crippen LogP contribution in [-0.4, -0.2) is 0 Å². The van der Waals surface area contributed by atoms with Crippen LogP contribution in [0.1, 0.15) is 72.2 Å². The van der Waals surface area contributed by atoms with Crippen molar-refractivity contribution < 1.29 is 22.1 Å². The predicted octanol–water partition coefficient (Wildman–Crippen LogP) is 32.2. The number of fused-ring (bicyclic) bond motifs is 24. The second-order valence-electron chi connectivity index (χ2n) is 33.7. The van der Waals surface area contributed by atoms with Gasteiger partial charge in [-0.3, -0.25) is 0 Å². The first-order valence-corrected chi connectivity index (χ1v) is 42.4. The van der Waals surface area contributed by atoms with E-state index in [0.717, 1.165) is 155 Å². The summed E-state index contributed by atoms with van der Waals surface area (Å²) in [6.45, 7) is 9.23. The maximum atomic E-state index is 6.16.